The van der Waals surface area contributed by atoms with Gasteiger partial charge in [0.2, 0.25) is 0 Å². The van der Waals surface area contributed by atoms with Gasteiger partial charge in [-0.15, -0.1) is 12.4 Å². The molecule has 1 aromatic rings. The predicted octanol–water partition coefficient (Wildman–Crippen LogP) is 3.16. The minimum atomic E-state index is -4.35. The van der Waals surface area contributed by atoms with Crippen molar-refractivity contribution in [2.45, 2.75) is 19.1 Å². The van der Waals surface area contributed by atoms with E-state index in [1.165, 1.54) is 13.2 Å². The molecule has 0 aliphatic heterocycles. The second-order valence-electron chi connectivity index (χ2n) is 3.24. The fourth-order valence-electron chi connectivity index (χ4n) is 1.27. The van der Waals surface area contributed by atoms with E-state index < -0.39 is 17.8 Å². The largest absolute Gasteiger partial charge is 0.496 e. The monoisotopic (exact) mass is 255 g/mol. The molecule has 0 aromatic heterocycles. The van der Waals surface area contributed by atoms with E-state index in [1.807, 2.05) is 0 Å². The molecule has 1 aromatic carbocycles. The lowest BCUT2D eigenvalue weighted by atomic mass is 10.0. The Hall–Kier alpha value is -0.940. The zero-order valence-electron chi connectivity index (χ0n) is 8.84. The Bertz CT molecular complexity index is 352. The van der Waals surface area contributed by atoms with Crippen molar-refractivity contribution < 1.29 is 17.9 Å². The van der Waals surface area contributed by atoms with Crippen molar-refractivity contribution >= 4 is 12.4 Å². The summed E-state index contributed by atoms with van der Waals surface area (Å²) >= 11 is 0. The fraction of sp³-hybridized carbons (Fsp3) is 0.400. The molecule has 1 atom stereocenters. The quantitative estimate of drug-likeness (QED) is 0.881. The van der Waals surface area contributed by atoms with Crippen molar-refractivity contribution in [3.8, 4) is 5.75 Å². The lowest BCUT2D eigenvalue weighted by Crippen LogP contribution is -2.11. The molecule has 0 aliphatic carbocycles. The van der Waals surface area contributed by atoms with Crippen LogP contribution in [-0.2, 0) is 6.18 Å². The minimum absolute atomic E-state index is 0. The SMILES string of the molecule is COc1ccc(C(F)(F)F)cc1[C@H](C)N.Cl. The van der Waals surface area contributed by atoms with E-state index in [1.54, 1.807) is 6.92 Å². The van der Waals surface area contributed by atoms with Gasteiger partial charge in [0.25, 0.3) is 0 Å². The van der Waals surface area contributed by atoms with Gasteiger partial charge in [-0.1, -0.05) is 0 Å². The van der Waals surface area contributed by atoms with Crippen LogP contribution in [0.25, 0.3) is 0 Å². The molecular formula is C10H13ClF3NO. The third kappa shape index (κ3) is 3.28. The summed E-state index contributed by atoms with van der Waals surface area (Å²) < 4.78 is 42.1. The molecule has 2 N–H and O–H groups in total. The van der Waals surface area contributed by atoms with Crippen LogP contribution < -0.4 is 10.5 Å². The van der Waals surface area contributed by atoms with Gasteiger partial charge in [0, 0.05) is 11.6 Å². The van der Waals surface area contributed by atoms with Crippen LogP contribution in [0, 0.1) is 0 Å². The van der Waals surface area contributed by atoms with E-state index in [9.17, 15) is 13.2 Å². The highest BCUT2D eigenvalue weighted by atomic mass is 35.5. The molecule has 0 radical (unpaired) electrons. The molecule has 0 heterocycles. The first-order chi connectivity index (χ1) is 6.86. The Kier molecular flexibility index (Phi) is 5.09. The molecule has 16 heavy (non-hydrogen) atoms. The molecule has 0 saturated carbocycles. The first-order valence-electron chi connectivity index (χ1n) is 4.37. The highest BCUT2D eigenvalue weighted by molar-refractivity contribution is 5.85. The third-order valence-corrected chi connectivity index (χ3v) is 2.05. The van der Waals surface area contributed by atoms with Gasteiger partial charge in [0.15, 0.2) is 0 Å². The first kappa shape index (κ1) is 15.1. The number of benzene rings is 1. The van der Waals surface area contributed by atoms with E-state index in [2.05, 4.69) is 0 Å². The van der Waals surface area contributed by atoms with Gasteiger partial charge in [0.05, 0.1) is 12.7 Å². The third-order valence-electron chi connectivity index (χ3n) is 2.05. The standard InChI is InChI=1S/C10H12F3NO.ClH/c1-6(14)8-5-7(10(11,12)13)3-4-9(8)15-2;/h3-6H,14H2,1-2H3;1H/t6-;/m0./s1. The maximum absolute atomic E-state index is 12.4. The van der Waals surface area contributed by atoms with Gasteiger partial charge in [-0.25, -0.2) is 0 Å². The van der Waals surface area contributed by atoms with Crippen molar-refractivity contribution in [2.24, 2.45) is 5.73 Å². The maximum Gasteiger partial charge on any atom is 0.416 e. The summed E-state index contributed by atoms with van der Waals surface area (Å²) in [7, 11) is 1.40. The van der Waals surface area contributed by atoms with Crippen LogP contribution >= 0.6 is 12.4 Å². The predicted molar refractivity (Wildman–Crippen MR) is 57.8 cm³/mol. The molecule has 2 nitrogen and oxygen atoms in total. The van der Waals surface area contributed by atoms with Crippen LogP contribution in [-0.4, -0.2) is 7.11 Å². The number of hydrogen-bond donors (Lipinski definition) is 1. The van der Waals surface area contributed by atoms with E-state index in [0.29, 0.717) is 11.3 Å². The molecule has 92 valence electrons. The zero-order chi connectivity index (χ0) is 11.6. The summed E-state index contributed by atoms with van der Waals surface area (Å²) in [5.74, 6) is 0.373. The van der Waals surface area contributed by atoms with Crippen LogP contribution in [0.1, 0.15) is 24.1 Å². The highest BCUT2D eigenvalue weighted by Gasteiger charge is 2.31. The number of halogens is 4. The Morgan fingerprint density at radius 1 is 1.31 bits per heavy atom. The summed E-state index contributed by atoms with van der Waals surface area (Å²) in [6, 6.07) is 2.78. The molecule has 0 saturated heterocycles. The molecule has 0 spiro atoms. The fourth-order valence-corrected chi connectivity index (χ4v) is 1.27. The summed E-state index contributed by atoms with van der Waals surface area (Å²) in [4.78, 5) is 0. The van der Waals surface area contributed by atoms with E-state index in [4.69, 9.17) is 10.5 Å². The molecule has 0 unspecified atom stereocenters. The first-order valence-corrected chi connectivity index (χ1v) is 4.37. The topological polar surface area (TPSA) is 35.2 Å². The Morgan fingerprint density at radius 3 is 2.25 bits per heavy atom. The van der Waals surface area contributed by atoms with Crippen LogP contribution in [0.5, 0.6) is 5.75 Å². The second kappa shape index (κ2) is 5.41. The zero-order valence-corrected chi connectivity index (χ0v) is 9.65. The van der Waals surface area contributed by atoms with Gasteiger partial charge in [-0.3, -0.25) is 0 Å². The molecule has 0 bridgehead atoms. The average molecular weight is 256 g/mol. The van der Waals surface area contributed by atoms with Crippen molar-refractivity contribution in [3.05, 3.63) is 29.3 Å². The van der Waals surface area contributed by atoms with E-state index >= 15 is 0 Å². The van der Waals surface area contributed by atoms with Gasteiger partial charge >= 0.3 is 6.18 Å². The number of ether oxygens (including phenoxy) is 1. The summed E-state index contributed by atoms with van der Waals surface area (Å²) in [6.45, 7) is 1.61. The maximum atomic E-state index is 12.4. The van der Waals surface area contributed by atoms with Gasteiger partial charge < -0.3 is 10.5 Å². The molecule has 1 rings (SSSR count). The number of hydrogen-bond acceptors (Lipinski definition) is 2. The van der Waals surface area contributed by atoms with Crippen molar-refractivity contribution in [3.63, 3.8) is 0 Å². The molecule has 6 heteroatoms. The molecule has 0 amide bonds. The lowest BCUT2D eigenvalue weighted by molar-refractivity contribution is -0.137. The number of nitrogens with two attached hydrogens (primary N) is 1. The van der Waals surface area contributed by atoms with Gasteiger partial charge in [-0.05, 0) is 25.1 Å². The van der Waals surface area contributed by atoms with Crippen molar-refractivity contribution in [1.82, 2.24) is 0 Å². The number of alkyl halides is 3. The molecule has 0 aliphatic rings. The highest BCUT2D eigenvalue weighted by Crippen LogP contribution is 2.34. The Balaban J connectivity index is 0.00000225. The van der Waals surface area contributed by atoms with Crippen LogP contribution in [0.3, 0.4) is 0 Å². The normalized spacial score (nSPS) is 12.9. The van der Waals surface area contributed by atoms with Gasteiger partial charge in [-0.2, -0.15) is 13.2 Å². The Labute approximate surface area is 98.0 Å². The second-order valence-corrected chi connectivity index (χ2v) is 3.24. The lowest BCUT2D eigenvalue weighted by Gasteiger charge is -2.14. The van der Waals surface area contributed by atoms with Gasteiger partial charge in [0.1, 0.15) is 5.75 Å². The van der Waals surface area contributed by atoms with Crippen LogP contribution in [0.2, 0.25) is 0 Å². The summed E-state index contributed by atoms with van der Waals surface area (Å²) in [6.07, 6.45) is -4.35. The summed E-state index contributed by atoms with van der Waals surface area (Å²) in [5, 5.41) is 0. The molecular weight excluding hydrogens is 243 g/mol. The summed E-state index contributed by atoms with van der Waals surface area (Å²) in [5.41, 5.74) is 5.20. The smallest absolute Gasteiger partial charge is 0.416 e. The van der Waals surface area contributed by atoms with E-state index in [0.717, 1.165) is 12.1 Å². The van der Waals surface area contributed by atoms with Crippen LogP contribution in [0.4, 0.5) is 13.2 Å². The van der Waals surface area contributed by atoms with Crippen LogP contribution in [0.15, 0.2) is 18.2 Å². The van der Waals surface area contributed by atoms with Crippen molar-refractivity contribution in [2.75, 3.05) is 7.11 Å². The average Bonchev–Trinajstić information content (AvgIpc) is 2.15. The molecule has 0 fully saturated rings. The number of methoxy groups -OCH3 is 1. The Morgan fingerprint density at radius 2 is 1.88 bits per heavy atom. The van der Waals surface area contributed by atoms with E-state index in [-0.39, 0.29) is 12.4 Å². The number of rotatable bonds is 2. The minimum Gasteiger partial charge on any atom is -0.496 e. The van der Waals surface area contributed by atoms with Crippen molar-refractivity contribution in [1.29, 1.82) is 0 Å².